The number of piperidine rings is 1. The van der Waals surface area contributed by atoms with Crippen LogP contribution in [0.25, 0.3) is 0 Å². The SMILES string of the molecule is Cc1cccnc1NCC1CCN(C(=O)OCc2ccc(F)cc2)CC1. The second-order valence-corrected chi connectivity index (χ2v) is 6.66. The monoisotopic (exact) mass is 357 g/mol. The summed E-state index contributed by atoms with van der Waals surface area (Å²) in [5.74, 6) is 1.14. The number of likely N-dealkylation sites (tertiary alicyclic amines) is 1. The molecular formula is C20H24FN3O2. The number of nitrogens with zero attached hydrogens (tertiary/aromatic N) is 2. The third kappa shape index (κ3) is 4.94. The molecule has 0 spiro atoms. The molecule has 1 fully saturated rings. The van der Waals surface area contributed by atoms with Crippen molar-refractivity contribution in [1.29, 1.82) is 0 Å². The maximum absolute atomic E-state index is 12.9. The van der Waals surface area contributed by atoms with Crippen LogP contribution in [-0.2, 0) is 11.3 Å². The van der Waals surface area contributed by atoms with Crippen molar-refractivity contribution in [3.63, 3.8) is 0 Å². The van der Waals surface area contributed by atoms with Gasteiger partial charge in [-0.05, 0) is 55.0 Å². The van der Waals surface area contributed by atoms with Crippen molar-refractivity contribution in [2.45, 2.75) is 26.4 Å². The zero-order valence-corrected chi connectivity index (χ0v) is 15.0. The number of nitrogens with one attached hydrogen (secondary N) is 1. The third-order valence-electron chi connectivity index (χ3n) is 4.72. The number of carbonyl (C=O) groups excluding carboxylic acids is 1. The average Bonchev–Trinajstić information content (AvgIpc) is 2.67. The van der Waals surface area contributed by atoms with Gasteiger partial charge in [-0.2, -0.15) is 0 Å². The van der Waals surface area contributed by atoms with Gasteiger partial charge in [-0.25, -0.2) is 14.2 Å². The highest BCUT2D eigenvalue weighted by Gasteiger charge is 2.23. The van der Waals surface area contributed by atoms with Gasteiger partial charge in [-0.1, -0.05) is 18.2 Å². The predicted octanol–water partition coefficient (Wildman–Crippen LogP) is 3.99. The van der Waals surface area contributed by atoms with Gasteiger partial charge in [-0.3, -0.25) is 0 Å². The first kappa shape index (κ1) is 18.2. The molecule has 26 heavy (non-hydrogen) atoms. The minimum Gasteiger partial charge on any atom is -0.445 e. The van der Waals surface area contributed by atoms with Crippen LogP contribution in [0.1, 0.15) is 24.0 Å². The van der Waals surface area contributed by atoms with Crippen molar-refractivity contribution < 1.29 is 13.9 Å². The second kappa shape index (κ2) is 8.65. The fourth-order valence-electron chi connectivity index (χ4n) is 3.05. The molecule has 2 aromatic rings. The lowest BCUT2D eigenvalue weighted by atomic mass is 9.97. The first-order valence-corrected chi connectivity index (χ1v) is 8.93. The van der Waals surface area contributed by atoms with Gasteiger partial charge in [-0.15, -0.1) is 0 Å². The zero-order chi connectivity index (χ0) is 18.4. The maximum atomic E-state index is 12.9. The molecule has 0 atom stereocenters. The number of aromatic nitrogens is 1. The number of amides is 1. The van der Waals surface area contributed by atoms with Gasteiger partial charge < -0.3 is 15.0 Å². The molecule has 1 aliphatic rings. The van der Waals surface area contributed by atoms with Crippen LogP contribution < -0.4 is 5.32 Å². The summed E-state index contributed by atoms with van der Waals surface area (Å²) in [7, 11) is 0. The molecule has 2 heterocycles. The molecule has 1 saturated heterocycles. The highest BCUT2D eigenvalue weighted by molar-refractivity contribution is 5.67. The number of pyridine rings is 1. The number of aryl methyl sites for hydroxylation is 1. The Hall–Kier alpha value is -2.63. The van der Waals surface area contributed by atoms with Crippen molar-refractivity contribution in [2.24, 2.45) is 5.92 Å². The van der Waals surface area contributed by atoms with Gasteiger partial charge in [0.15, 0.2) is 0 Å². The van der Waals surface area contributed by atoms with Gasteiger partial charge in [0.2, 0.25) is 0 Å². The number of hydrogen-bond acceptors (Lipinski definition) is 4. The van der Waals surface area contributed by atoms with E-state index in [1.807, 2.05) is 19.1 Å². The molecule has 3 rings (SSSR count). The molecule has 0 unspecified atom stereocenters. The van der Waals surface area contributed by atoms with Gasteiger partial charge in [0, 0.05) is 25.8 Å². The molecule has 0 saturated carbocycles. The summed E-state index contributed by atoms with van der Waals surface area (Å²) in [4.78, 5) is 18.3. The molecule has 1 amide bonds. The van der Waals surface area contributed by atoms with E-state index in [1.54, 1.807) is 23.2 Å². The van der Waals surface area contributed by atoms with Gasteiger partial charge in [0.05, 0.1) is 0 Å². The summed E-state index contributed by atoms with van der Waals surface area (Å²) in [6.07, 6.45) is 3.35. The summed E-state index contributed by atoms with van der Waals surface area (Å²) in [6.45, 7) is 4.44. The molecule has 1 aromatic heterocycles. The smallest absolute Gasteiger partial charge is 0.410 e. The van der Waals surface area contributed by atoms with Crippen molar-refractivity contribution in [2.75, 3.05) is 25.0 Å². The van der Waals surface area contributed by atoms with E-state index in [-0.39, 0.29) is 18.5 Å². The maximum Gasteiger partial charge on any atom is 0.410 e. The fourth-order valence-corrected chi connectivity index (χ4v) is 3.05. The van der Waals surface area contributed by atoms with E-state index in [0.29, 0.717) is 19.0 Å². The molecule has 0 radical (unpaired) electrons. The van der Waals surface area contributed by atoms with E-state index in [4.69, 9.17) is 4.74 Å². The number of ether oxygens (including phenoxy) is 1. The number of hydrogen-bond donors (Lipinski definition) is 1. The van der Waals surface area contributed by atoms with Crippen LogP contribution in [0.2, 0.25) is 0 Å². The lowest BCUT2D eigenvalue weighted by Crippen LogP contribution is -2.40. The molecule has 1 aliphatic heterocycles. The van der Waals surface area contributed by atoms with Crippen LogP contribution >= 0.6 is 0 Å². The van der Waals surface area contributed by atoms with Crippen LogP contribution in [0, 0.1) is 18.7 Å². The van der Waals surface area contributed by atoms with Crippen molar-refractivity contribution >= 4 is 11.9 Å². The van der Waals surface area contributed by atoms with Crippen LogP contribution in [0.3, 0.4) is 0 Å². The Balaban J connectivity index is 1.39. The van der Waals surface area contributed by atoms with E-state index in [2.05, 4.69) is 10.3 Å². The molecule has 0 aliphatic carbocycles. The fraction of sp³-hybridized carbons (Fsp3) is 0.400. The third-order valence-corrected chi connectivity index (χ3v) is 4.72. The highest BCUT2D eigenvalue weighted by atomic mass is 19.1. The molecule has 0 bridgehead atoms. The van der Waals surface area contributed by atoms with Crippen LogP contribution in [0.4, 0.5) is 15.0 Å². The Morgan fingerprint density at radius 1 is 1.27 bits per heavy atom. The number of halogens is 1. The van der Waals surface area contributed by atoms with Gasteiger partial charge in [0.25, 0.3) is 0 Å². The Bertz CT molecular complexity index is 728. The summed E-state index contributed by atoms with van der Waals surface area (Å²) in [5, 5.41) is 3.40. The number of rotatable bonds is 5. The summed E-state index contributed by atoms with van der Waals surface area (Å²) in [6, 6.07) is 9.95. The average molecular weight is 357 g/mol. The van der Waals surface area contributed by atoms with E-state index in [1.165, 1.54) is 12.1 Å². The predicted molar refractivity (Wildman–Crippen MR) is 98.3 cm³/mol. The van der Waals surface area contributed by atoms with Crippen molar-refractivity contribution in [3.05, 3.63) is 59.5 Å². The summed E-state index contributed by atoms with van der Waals surface area (Å²) < 4.78 is 18.2. The summed E-state index contributed by atoms with van der Waals surface area (Å²) >= 11 is 0. The molecule has 1 aromatic carbocycles. The van der Waals surface area contributed by atoms with Gasteiger partial charge in [0.1, 0.15) is 18.2 Å². The van der Waals surface area contributed by atoms with Crippen LogP contribution in [0.15, 0.2) is 42.6 Å². The number of carbonyl (C=O) groups is 1. The largest absolute Gasteiger partial charge is 0.445 e. The molecule has 1 N–H and O–H groups in total. The molecule has 138 valence electrons. The Morgan fingerprint density at radius 2 is 2.00 bits per heavy atom. The van der Waals surface area contributed by atoms with Crippen molar-refractivity contribution in [1.82, 2.24) is 9.88 Å². The zero-order valence-electron chi connectivity index (χ0n) is 15.0. The molecule has 5 nitrogen and oxygen atoms in total. The minimum atomic E-state index is -0.304. The topological polar surface area (TPSA) is 54.5 Å². The molecule has 6 heteroatoms. The number of benzene rings is 1. The standard InChI is InChI=1S/C20H24FN3O2/c1-15-3-2-10-22-19(15)23-13-16-8-11-24(12-9-16)20(25)26-14-17-4-6-18(21)7-5-17/h2-7,10,16H,8-9,11-14H2,1H3,(H,22,23). The normalized spacial score (nSPS) is 14.9. The van der Waals surface area contributed by atoms with E-state index < -0.39 is 0 Å². The van der Waals surface area contributed by atoms with E-state index in [0.717, 1.165) is 36.3 Å². The Labute approximate surface area is 153 Å². The molecular weight excluding hydrogens is 333 g/mol. The van der Waals surface area contributed by atoms with Gasteiger partial charge >= 0.3 is 6.09 Å². The van der Waals surface area contributed by atoms with Crippen LogP contribution in [0.5, 0.6) is 0 Å². The lowest BCUT2D eigenvalue weighted by molar-refractivity contribution is 0.0832. The Morgan fingerprint density at radius 3 is 2.69 bits per heavy atom. The van der Waals surface area contributed by atoms with Crippen LogP contribution in [-0.4, -0.2) is 35.6 Å². The lowest BCUT2D eigenvalue weighted by Gasteiger charge is -2.31. The Kier molecular flexibility index (Phi) is 6.04. The van der Waals surface area contributed by atoms with Crippen molar-refractivity contribution in [3.8, 4) is 0 Å². The van der Waals surface area contributed by atoms with E-state index in [9.17, 15) is 9.18 Å². The minimum absolute atomic E-state index is 0.166. The highest BCUT2D eigenvalue weighted by Crippen LogP contribution is 2.19. The summed E-state index contributed by atoms with van der Waals surface area (Å²) in [5.41, 5.74) is 1.92. The number of anilines is 1. The first-order valence-electron chi connectivity index (χ1n) is 8.93. The van der Waals surface area contributed by atoms with E-state index >= 15 is 0 Å². The first-order chi connectivity index (χ1) is 12.6. The second-order valence-electron chi connectivity index (χ2n) is 6.66. The quantitative estimate of drug-likeness (QED) is 0.879.